The van der Waals surface area contributed by atoms with Crippen molar-refractivity contribution in [1.29, 1.82) is 0 Å². The van der Waals surface area contributed by atoms with E-state index in [-0.39, 0.29) is 0 Å². The summed E-state index contributed by atoms with van der Waals surface area (Å²) in [5.41, 5.74) is 2.49. The Morgan fingerprint density at radius 3 is 2.41 bits per heavy atom. The minimum atomic E-state index is 0.668. The molecular weight excluding hydrogens is 336 g/mol. The van der Waals surface area contributed by atoms with Gasteiger partial charge in [-0.2, -0.15) is 4.98 Å². The number of pyridine rings is 1. The van der Waals surface area contributed by atoms with Crippen molar-refractivity contribution in [2.75, 3.05) is 41.3 Å². The van der Waals surface area contributed by atoms with Crippen LogP contribution in [0, 0.1) is 6.92 Å². The van der Waals surface area contributed by atoms with E-state index in [0.717, 1.165) is 44.4 Å². The number of hydrogen-bond acceptors (Lipinski definition) is 6. The predicted octanol–water partition coefficient (Wildman–Crippen LogP) is 3.12. The Balaban J connectivity index is 1.37. The van der Waals surface area contributed by atoms with Gasteiger partial charge < -0.3 is 15.1 Å². The van der Waals surface area contributed by atoms with E-state index in [2.05, 4.69) is 62.3 Å². The molecule has 1 aromatic carbocycles. The molecule has 1 aliphatic rings. The third-order valence-corrected chi connectivity index (χ3v) is 4.75. The highest BCUT2D eigenvalue weighted by atomic mass is 15.3. The molecule has 3 aromatic rings. The van der Waals surface area contributed by atoms with Gasteiger partial charge in [-0.15, -0.1) is 0 Å². The van der Waals surface area contributed by atoms with Gasteiger partial charge >= 0.3 is 0 Å². The fourth-order valence-electron chi connectivity index (χ4n) is 3.32. The summed E-state index contributed by atoms with van der Waals surface area (Å²) in [6.07, 6.45) is 3.67. The number of aromatic nitrogens is 3. The smallest absolute Gasteiger partial charge is 0.224 e. The van der Waals surface area contributed by atoms with Crippen molar-refractivity contribution in [2.24, 2.45) is 0 Å². The third kappa shape index (κ3) is 4.34. The average Bonchev–Trinajstić information content (AvgIpc) is 2.73. The van der Waals surface area contributed by atoms with E-state index < -0.39 is 0 Å². The van der Waals surface area contributed by atoms with Gasteiger partial charge in [0.2, 0.25) is 5.95 Å². The molecule has 0 amide bonds. The maximum absolute atomic E-state index is 4.70. The molecule has 0 unspecified atom stereocenters. The van der Waals surface area contributed by atoms with Crippen LogP contribution in [0.4, 0.5) is 17.6 Å². The molecule has 3 heterocycles. The number of nitrogens with zero attached hydrogens (tertiary/aromatic N) is 5. The second-order valence-electron chi connectivity index (χ2n) is 6.74. The van der Waals surface area contributed by atoms with Crippen molar-refractivity contribution in [3.63, 3.8) is 0 Å². The average molecular weight is 360 g/mol. The van der Waals surface area contributed by atoms with Gasteiger partial charge in [0, 0.05) is 45.1 Å². The molecule has 138 valence electrons. The second kappa shape index (κ2) is 8.03. The zero-order valence-corrected chi connectivity index (χ0v) is 15.5. The maximum Gasteiger partial charge on any atom is 0.224 e. The number of hydrogen-bond donors (Lipinski definition) is 1. The molecule has 1 fully saturated rings. The Labute approximate surface area is 159 Å². The summed E-state index contributed by atoms with van der Waals surface area (Å²) < 4.78 is 0. The van der Waals surface area contributed by atoms with Crippen LogP contribution in [0.25, 0.3) is 0 Å². The Kier molecular flexibility index (Phi) is 5.14. The van der Waals surface area contributed by atoms with Crippen LogP contribution in [0.2, 0.25) is 0 Å². The molecule has 2 aromatic heterocycles. The molecule has 0 atom stereocenters. The zero-order chi connectivity index (χ0) is 18.5. The Morgan fingerprint density at radius 2 is 1.67 bits per heavy atom. The Hall–Kier alpha value is -3.15. The summed E-state index contributed by atoms with van der Waals surface area (Å²) in [6.45, 7) is 6.54. The van der Waals surface area contributed by atoms with Gasteiger partial charge in [0.25, 0.3) is 0 Å². The molecular formula is C21H24N6. The summed E-state index contributed by atoms with van der Waals surface area (Å²) in [6, 6.07) is 16.5. The molecule has 0 bridgehead atoms. The number of nitrogens with one attached hydrogen (secondary N) is 1. The van der Waals surface area contributed by atoms with Crippen molar-refractivity contribution in [1.82, 2.24) is 15.0 Å². The van der Waals surface area contributed by atoms with E-state index in [1.165, 1.54) is 11.1 Å². The lowest BCUT2D eigenvalue weighted by Crippen LogP contribution is -2.47. The molecule has 1 aliphatic heterocycles. The molecule has 27 heavy (non-hydrogen) atoms. The number of aryl methyl sites for hydroxylation is 1. The third-order valence-electron chi connectivity index (χ3n) is 4.75. The van der Waals surface area contributed by atoms with Crippen molar-refractivity contribution in [2.45, 2.75) is 13.5 Å². The number of rotatable bonds is 5. The van der Waals surface area contributed by atoms with Crippen molar-refractivity contribution < 1.29 is 0 Å². The van der Waals surface area contributed by atoms with Crippen LogP contribution in [0.1, 0.15) is 11.1 Å². The molecule has 1 saturated heterocycles. The van der Waals surface area contributed by atoms with Crippen molar-refractivity contribution in [3.8, 4) is 0 Å². The van der Waals surface area contributed by atoms with Gasteiger partial charge in [0.1, 0.15) is 11.6 Å². The van der Waals surface area contributed by atoms with Crippen LogP contribution >= 0.6 is 0 Å². The lowest BCUT2D eigenvalue weighted by molar-refractivity contribution is 0.641. The van der Waals surface area contributed by atoms with Crippen molar-refractivity contribution >= 4 is 17.6 Å². The summed E-state index contributed by atoms with van der Waals surface area (Å²) in [4.78, 5) is 18.1. The van der Waals surface area contributed by atoms with Gasteiger partial charge in [-0.3, -0.25) is 0 Å². The second-order valence-corrected chi connectivity index (χ2v) is 6.74. The highest BCUT2D eigenvalue weighted by molar-refractivity contribution is 5.46. The largest absolute Gasteiger partial charge is 0.353 e. The topological polar surface area (TPSA) is 57.2 Å². The highest BCUT2D eigenvalue weighted by Gasteiger charge is 2.19. The minimum Gasteiger partial charge on any atom is -0.353 e. The lowest BCUT2D eigenvalue weighted by atomic mass is 10.1. The molecule has 6 nitrogen and oxygen atoms in total. The first-order valence-electron chi connectivity index (χ1n) is 9.31. The van der Waals surface area contributed by atoms with E-state index in [1.54, 1.807) is 0 Å². The van der Waals surface area contributed by atoms with Gasteiger partial charge in [0.15, 0.2) is 0 Å². The van der Waals surface area contributed by atoms with Crippen LogP contribution in [-0.2, 0) is 6.54 Å². The van der Waals surface area contributed by atoms with Crippen LogP contribution in [0.5, 0.6) is 0 Å². The summed E-state index contributed by atoms with van der Waals surface area (Å²) in [5.74, 6) is 2.68. The molecule has 1 N–H and O–H groups in total. The summed E-state index contributed by atoms with van der Waals surface area (Å²) >= 11 is 0. The van der Waals surface area contributed by atoms with E-state index in [9.17, 15) is 0 Å². The quantitative estimate of drug-likeness (QED) is 0.754. The van der Waals surface area contributed by atoms with E-state index in [0.29, 0.717) is 5.95 Å². The van der Waals surface area contributed by atoms with Gasteiger partial charge in [-0.25, -0.2) is 9.97 Å². The first-order chi connectivity index (χ1) is 13.3. The van der Waals surface area contributed by atoms with E-state index >= 15 is 0 Å². The summed E-state index contributed by atoms with van der Waals surface area (Å²) in [7, 11) is 0. The Morgan fingerprint density at radius 1 is 0.852 bits per heavy atom. The van der Waals surface area contributed by atoms with Crippen LogP contribution < -0.4 is 15.1 Å². The number of benzene rings is 1. The normalized spacial score (nSPS) is 14.3. The SMILES string of the molecule is Cc1cccc(CNc2nccc(N3CCN(c4ccccn4)CC3)n2)c1. The lowest BCUT2D eigenvalue weighted by Gasteiger charge is -2.36. The maximum atomic E-state index is 4.70. The summed E-state index contributed by atoms with van der Waals surface area (Å²) in [5, 5.41) is 3.33. The number of piperazine rings is 1. The van der Waals surface area contributed by atoms with E-state index in [4.69, 9.17) is 4.98 Å². The molecule has 0 radical (unpaired) electrons. The molecule has 0 saturated carbocycles. The van der Waals surface area contributed by atoms with Gasteiger partial charge in [-0.05, 0) is 30.7 Å². The first-order valence-corrected chi connectivity index (χ1v) is 9.31. The van der Waals surface area contributed by atoms with E-state index in [1.807, 2.05) is 30.6 Å². The molecule has 0 aliphatic carbocycles. The zero-order valence-electron chi connectivity index (χ0n) is 15.5. The molecule has 6 heteroatoms. The predicted molar refractivity (Wildman–Crippen MR) is 109 cm³/mol. The van der Waals surface area contributed by atoms with Crippen LogP contribution in [0.3, 0.4) is 0 Å². The fraction of sp³-hybridized carbons (Fsp3) is 0.286. The monoisotopic (exact) mass is 360 g/mol. The first kappa shape index (κ1) is 17.3. The minimum absolute atomic E-state index is 0.668. The Bertz CT molecular complexity index is 875. The molecule has 4 rings (SSSR count). The standard InChI is InChI=1S/C21H24N6/c1-17-5-4-6-18(15-17)16-24-21-23-10-8-20(25-21)27-13-11-26(12-14-27)19-7-2-3-9-22-19/h2-10,15H,11-14,16H2,1H3,(H,23,24,25). The van der Waals surface area contributed by atoms with Crippen molar-refractivity contribution in [3.05, 3.63) is 72.1 Å². The molecule has 0 spiro atoms. The van der Waals surface area contributed by atoms with Gasteiger partial charge in [0.05, 0.1) is 0 Å². The van der Waals surface area contributed by atoms with Crippen LogP contribution in [-0.4, -0.2) is 41.1 Å². The highest BCUT2D eigenvalue weighted by Crippen LogP contribution is 2.18. The fourth-order valence-corrected chi connectivity index (χ4v) is 3.32. The van der Waals surface area contributed by atoms with Crippen LogP contribution in [0.15, 0.2) is 60.9 Å². The number of anilines is 3. The van der Waals surface area contributed by atoms with Gasteiger partial charge in [-0.1, -0.05) is 35.9 Å².